The zero-order valence-electron chi connectivity index (χ0n) is 13.1. The van der Waals surface area contributed by atoms with Crippen molar-refractivity contribution >= 4 is 10.0 Å². The van der Waals surface area contributed by atoms with Gasteiger partial charge in [-0.1, -0.05) is 27.7 Å². The standard InChI is InChI=1S/C14H27N3O2S/c1-10(2)14(11(3)4)8-16-20(18,19)13-6-12(7-15)17(5)9-13/h6,9-11,14,16H,7-8,15H2,1-5H3. The van der Waals surface area contributed by atoms with Crippen molar-refractivity contribution in [2.24, 2.45) is 30.5 Å². The summed E-state index contributed by atoms with van der Waals surface area (Å²) in [6.07, 6.45) is 1.60. The maximum absolute atomic E-state index is 12.3. The molecule has 1 rings (SSSR count). The van der Waals surface area contributed by atoms with E-state index in [0.717, 1.165) is 5.69 Å². The highest BCUT2D eigenvalue weighted by atomic mass is 32.2. The maximum atomic E-state index is 12.3. The monoisotopic (exact) mass is 301 g/mol. The van der Waals surface area contributed by atoms with Gasteiger partial charge in [-0.15, -0.1) is 0 Å². The van der Waals surface area contributed by atoms with Crippen LogP contribution in [-0.2, 0) is 23.6 Å². The predicted molar refractivity (Wildman–Crippen MR) is 81.7 cm³/mol. The van der Waals surface area contributed by atoms with Crippen LogP contribution in [0.15, 0.2) is 17.2 Å². The molecule has 0 saturated carbocycles. The fourth-order valence-electron chi connectivity index (χ4n) is 2.46. The van der Waals surface area contributed by atoms with E-state index in [1.165, 1.54) is 0 Å². The summed E-state index contributed by atoms with van der Waals surface area (Å²) in [6.45, 7) is 9.27. The molecule has 0 spiro atoms. The van der Waals surface area contributed by atoms with E-state index in [-0.39, 0.29) is 4.90 Å². The summed E-state index contributed by atoms with van der Waals surface area (Å²) in [6, 6.07) is 1.63. The first-order valence-corrected chi connectivity index (χ1v) is 8.52. The Morgan fingerprint density at radius 1 is 1.25 bits per heavy atom. The minimum Gasteiger partial charge on any atom is -0.352 e. The van der Waals surface area contributed by atoms with Gasteiger partial charge in [-0.05, 0) is 23.8 Å². The number of aryl methyl sites for hydroxylation is 1. The van der Waals surface area contributed by atoms with Crippen LogP contribution in [-0.4, -0.2) is 19.5 Å². The highest BCUT2D eigenvalue weighted by Crippen LogP contribution is 2.21. The Labute approximate surface area is 122 Å². The smallest absolute Gasteiger partial charge is 0.242 e. The fraction of sp³-hybridized carbons (Fsp3) is 0.714. The van der Waals surface area contributed by atoms with Crippen molar-refractivity contribution in [2.75, 3.05) is 6.54 Å². The van der Waals surface area contributed by atoms with E-state index in [2.05, 4.69) is 32.4 Å². The lowest BCUT2D eigenvalue weighted by molar-refractivity contribution is 0.289. The minimum atomic E-state index is -3.46. The van der Waals surface area contributed by atoms with Gasteiger partial charge in [-0.25, -0.2) is 13.1 Å². The van der Waals surface area contributed by atoms with E-state index < -0.39 is 10.0 Å². The van der Waals surface area contributed by atoms with Crippen LogP contribution in [0, 0.1) is 17.8 Å². The zero-order chi connectivity index (χ0) is 15.5. The van der Waals surface area contributed by atoms with Crippen molar-refractivity contribution in [3.05, 3.63) is 18.0 Å². The number of nitrogens with one attached hydrogen (secondary N) is 1. The molecular weight excluding hydrogens is 274 g/mol. The van der Waals surface area contributed by atoms with E-state index in [1.54, 1.807) is 23.9 Å². The van der Waals surface area contributed by atoms with Gasteiger partial charge >= 0.3 is 0 Å². The van der Waals surface area contributed by atoms with Gasteiger partial charge in [0.05, 0.1) is 4.90 Å². The van der Waals surface area contributed by atoms with Gasteiger partial charge in [0.1, 0.15) is 0 Å². The normalized spacial score (nSPS) is 12.8. The first-order valence-electron chi connectivity index (χ1n) is 7.04. The number of aromatic nitrogens is 1. The topological polar surface area (TPSA) is 77.1 Å². The molecule has 1 heterocycles. The third kappa shape index (κ3) is 4.07. The van der Waals surface area contributed by atoms with E-state index in [1.807, 2.05) is 0 Å². The van der Waals surface area contributed by atoms with Gasteiger partial charge in [0.15, 0.2) is 0 Å². The average molecular weight is 301 g/mol. The predicted octanol–water partition coefficient (Wildman–Crippen LogP) is 1.69. The van der Waals surface area contributed by atoms with Crippen LogP contribution >= 0.6 is 0 Å². The van der Waals surface area contributed by atoms with Crippen LogP contribution in [0.3, 0.4) is 0 Å². The maximum Gasteiger partial charge on any atom is 0.242 e. The lowest BCUT2D eigenvalue weighted by Crippen LogP contribution is -2.33. The first-order chi connectivity index (χ1) is 9.19. The van der Waals surface area contributed by atoms with E-state index in [0.29, 0.717) is 30.8 Å². The molecule has 0 aromatic carbocycles. The molecule has 116 valence electrons. The Kier molecular flexibility index (Phi) is 5.79. The Morgan fingerprint density at radius 2 is 1.80 bits per heavy atom. The summed E-state index contributed by atoms with van der Waals surface area (Å²) >= 11 is 0. The van der Waals surface area contributed by atoms with Gasteiger partial charge in [-0.3, -0.25) is 0 Å². The average Bonchev–Trinajstić information content (AvgIpc) is 2.70. The molecule has 0 aliphatic carbocycles. The molecular formula is C14H27N3O2S. The Bertz CT molecular complexity index is 525. The molecule has 3 N–H and O–H groups in total. The van der Waals surface area contributed by atoms with Crippen molar-refractivity contribution in [3.63, 3.8) is 0 Å². The number of hydrogen-bond acceptors (Lipinski definition) is 3. The summed E-state index contributed by atoms with van der Waals surface area (Å²) < 4.78 is 29.1. The number of rotatable bonds is 7. The highest BCUT2D eigenvalue weighted by molar-refractivity contribution is 7.89. The van der Waals surface area contributed by atoms with Crippen molar-refractivity contribution < 1.29 is 8.42 Å². The molecule has 1 aromatic heterocycles. The molecule has 0 fully saturated rings. The number of nitrogens with two attached hydrogens (primary N) is 1. The summed E-state index contributed by atoms with van der Waals surface area (Å²) in [7, 11) is -1.66. The van der Waals surface area contributed by atoms with Crippen molar-refractivity contribution in [2.45, 2.75) is 39.1 Å². The second-order valence-electron chi connectivity index (χ2n) is 5.99. The fourth-order valence-corrected chi connectivity index (χ4v) is 3.62. The van der Waals surface area contributed by atoms with Gasteiger partial charge in [0.2, 0.25) is 10.0 Å². The molecule has 0 aliphatic heterocycles. The molecule has 0 radical (unpaired) electrons. The van der Waals surface area contributed by atoms with Crippen LogP contribution in [0.1, 0.15) is 33.4 Å². The number of nitrogens with zero attached hydrogens (tertiary/aromatic N) is 1. The van der Waals surface area contributed by atoms with Crippen LogP contribution < -0.4 is 10.5 Å². The molecule has 20 heavy (non-hydrogen) atoms. The summed E-state index contributed by atoms with van der Waals surface area (Å²) in [4.78, 5) is 0.284. The van der Waals surface area contributed by atoms with E-state index in [9.17, 15) is 8.42 Å². The van der Waals surface area contributed by atoms with Crippen molar-refractivity contribution in [1.82, 2.24) is 9.29 Å². The Morgan fingerprint density at radius 3 is 2.20 bits per heavy atom. The summed E-state index contributed by atoms with van der Waals surface area (Å²) in [5, 5.41) is 0. The first kappa shape index (κ1) is 17.2. The molecule has 6 heteroatoms. The lowest BCUT2D eigenvalue weighted by Gasteiger charge is -2.24. The molecule has 0 aliphatic rings. The third-order valence-corrected chi connectivity index (χ3v) is 5.21. The zero-order valence-corrected chi connectivity index (χ0v) is 13.9. The molecule has 0 bridgehead atoms. The van der Waals surface area contributed by atoms with E-state index in [4.69, 9.17) is 5.73 Å². The molecule has 0 atom stereocenters. The Hall–Kier alpha value is -0.850. The van der Waals surface area contributed by atoms with Crippen LogP contribution in [0.5, 0.6) is 0 Å². The van der Waals surface area contributed by atoms with Gasteiger partial charge < -0.3 is 10.3 Å². The number of sulfonamides is 1. The van der Waals surface area contributed by atoms with Crippen LogP contribution in [0.25, 0.3) is 0 Å². The largest absolute Gasteiger partial charge is 0.352 e. The second-order valence-corrected chi connectivity index (χ2v) is 7.75. The minimum absolute atomic E-state index is 0.284. The number of hydrogen-bond donors (Lipinski definition) is 2. The lowest BCUT2D eigenvalue weighted by atomic mass is 9.86. The molecule has 0 amide bonds. The SMILES string of the molecule is CC(C)C(CNS(=O)(=O)c1cc(CN)n(C)c1)C(C)C. The summed E-state index contributed by atoms with van der Waals surface area (Å²) in [5.41, 5.74) is 6.37. The third-order valence-electron chi connectivity index (χ3n) is 3.82. The van der Waals surface area contributed by atoms with Gasteiger partial charge in [0, 0.05) is 32.0 Å². The Balaban J connectivity index is 2.84. The molecule has 5 nitrogen and oxygen atoms in total. The molecule has 0 saturated heterocycles. The quantitative estimate of drug-likeness (QED) is 0.804. The molecule has 0 unspecified atom stereocenters. The van der Waals surface area contributed by atoms with Crippen molar-refractivity contribution in [3.8, 4) is 0 Å². The second kappa shape index (κ2) is 6.74. The molecule has 1 aromatic rings. The summed E-state index contributed by atoms with van der Waals surface area (Å²) in [5.74, 6) is 1.20. The van der Waals surface area contributed by atoms with Crippen LogP contribution in [0.2, 0.25) is 0 Å². The van der Waals surface area contributed by atoms with Gasteiger partial charge in [0.25, 0.3) is 0 Å². The van der Waals surface area contributed by atoms with Gasteiger partial charge in [-0.2, -0.15) is 0 Å². The van der Waals surface area contributed by atoms with Crippen LogP contribution in [0.4, 0.5) is 0 Å². The highest BCUT2D eigenvalue weighted by Gasteiger charge is 2.22. The van der Waals surface area contributed by atoms with Crippen molar-refractivity contribution in [1.29, 1.82) is 0 Å². The van der Waals surface area contributed by atoms with E-state index >= 15 is 0 Å².